The summed E-state index contributed by atoms with van der Waals surface area (Å²) in [7, 11) is 1.50. The van der Waals surface area contributed by atoms with Gasteiger partial charge in [0.05, 0.1) is 35.6 Å². The van der Waals surface area contributed by atoms with Crippen molar-refractivity contribution >= 4 is 29.0 Å². The number of benzene rings is 1. The molecular weight excluding hydrogens is 425 g/mol. The quantitative estimate of drug-likeness (QED) is 0.687. The van der Waals surface area contributed by atoms with Crippen molar-refractivity contribution in [3.8, 4) is 11.4 Å². The Morgan fingerprint density at radius 2 is 1.93 bits per heavy atom. The topological polar surface area (TPSA) is 56.6 Å². The van der Waals surface area contributed by atoms with Crippen LogP contribution in [-0.4, -0.2) is 42.5 Å². The van der Waals surface area contributed by atoms with Crippen LogP contribution in [0, 0.1) is 18.3 Å². The lowest BCUT2D eigenvalue weighted by Crippen LogP contribution is -2.44. The molecule has 162 valence electrons. The molecule has 0 unspecified atom stereocenters. The zero-order valence-electron chi connectivity index (χ0n) is 17.7. The first-order valence-corrected chi connectivity index (χ1v) is 11.0. The van der Waals surface area contributed by atoms with Crippen LogP contribution in [0.4, 0.5) is 5.82 Å². The van der Waals surface area contributed by atoms with Gasteiger partial charge in [0.2, 0.25) is 5.75 Å². The molecule has 2 atom stereocenters. The number of ether oxygens (including phenoxy) is 2. The fraction of sp³-hybridized carbons (Fsp3) is 0.545. The number of nitrogens with zero attached hydrogens (tertiary/aromatic N) is 3. The zero-order chi connectivity index (χ0) is 21.6. The first-order chi connectivity index (χ1) is 14.3. The Balaban J connectivity index is 1.69. The summed E-state index contributed by atoms with van der Waals surface area (Å²) in [5, 5.41) is 0.692. The molecule has 2 saturated heterocycles. The molecule has 2 aromatic rings. The molecular formula is C22H27Cl2N3O3. The van der Waals surface area contributed by atoms with E-state index < -0.39 is 0 Å². The normalized spacial score (nSPS) is 23.2. The second-order valence-electron chi connectivity index (χ2n) is 8.38. The van der Waals surface area contributed by atoms with Crippen molar-refractivity contribution in [1.29, 1.82) is 0 Å². The summed E-state index contributed by atoms with van der Waals surface area (Å²) in [6, 6.07) is 5.19. The molecule has 0 aliphatic carbocycles. The van der Waals surface area contributed by atoms with Crippen molar-refractivity contribution in [2.45, 2.75) is 39.7 Å². The van der Waals surface area contributed by atoms with Gasteiger partial charge in [-0.3, -0.25) is 9.36 Å². The number of anilines is 1. The maximum Gasteiger partial charge on any atom is 0.302 e. The average molecular weight is 452 g/mol. The highest BCUT2D eigenvalue weighted by Gasteiger charge is 2.47. The largest absolute Gasteiger partial charge is 0.488 e. The van der Waals surface area contributed by atoms with Crippen molar-refractivity contribution in [3.05, 3.63) is 44.4 Å². The second-order valence-corrected chi connectivity index (χ2v) is 9.17. The van der Waals surface area contributed by atoms with Crippen LogP contribution in [0.2, 0.25) is 10.0 Å². The van der Waals surface area contributed by atoms with Crippen molar-refractivity contribution in [1.82, 2.24) is 9.55 Å². The molecule has 0 N–H and O–H groups in total. The van der Waals surface area contributed by atoms with Crippen molar-refractivity contribution < 1.29 is 9.47 Å². The molecule has 1 aromatic heterocycles. The van der Waals surface area contributed by atoms with Crippen molar-refractivity contribution in [2.75, 3.05) is 31.7 Å². The molecule has 1 spiro atoms. The summed E-state index contributed by atoms with van der Waals surface area (Å²) in [5.41, 5.74) is 0.407. The number of aromatic nitrogens is 2. The van der Waals surface area contributed by atoms with Gasteiger partial charge in [-0.1, -0.05) is 36.2 Å². The summed E-state index contributed by atoms with van der Waals surface area (Å²) in [6.45, 7) is 8.66. The second kappa shape index (κ2) is 8.06. The Labute approximate surface area is 186 Å². The van der Waals surface area contributed by atoms with Crippen LogP contribution in [-0.2, 0) is 4.74 Å². The third-order valence-electron chi connectivity index (χ3n) is 6.93. The lowest BCUT2D eigenvalue weighted by Gasteiger charge is -2.42. The fourth-order valence-electron chi connectivity index (χ4n) is 4.77. The molecule has 3 heterocycles. The summed E-state index contributed by atoms with van der Waals surface area (Å²) in [4.78, 5) is 20.2. The lowest BCUT2D eigenvalue weighted by molar-refractivity contribution is 0.0969. The Morgan fingerprint density at radius 1 is 1.23 bits per heavy atom. The van der Waals surface area contributed by atoms with Crippen LogP contribution in [0.3, 0.4) is 0 Å². The third kappa shape index (κ3) is 3.39. The minimum absolute atomic E-state index is 0.210. The van der Waals surface area contributed by atoms with Crippen molar-refractivity contribution in [2.24, 2.45) is 11.3 Å². The van der Waals surface area contributed by atoms with Gasteiger partial charge in [-0.05, 0) is 44.7 Å². The monoisotopic (exact) mass is 451 g/mol. The number of methoxy groups -OCH3 is 1. The Bertz CT molecular complexity index is 1020. The summed E-state index contributed by atoms with van der Waals surface area (Å²) in [5.74, 6) is 1.86. The van der Waals surface area contributed by atoms with E-state index in [1.54, 1.807) is 25.1 Å². The first kappa shape index (κ1) is 21.5. The highest BCUT2D eigenvalue weighted by Crippen LogP contribution is 2.47. The number of rotatable bonds is 3. The highest BCUT2D eigenvalue weighted by molar-refractivity contribution is 6.43. The van der Waals surface area contributed by atoms with Gasteiger partial charge in [0, 0.05) is 18.5 Å². The van der Waals surface area contributed by atoms with E-state index in [0.717, 1.165) is 32.5 Å². The van der Waals surface area contributed by atoms with Gasteiger partial charge in [-0.15, -0.1) is 0 Å². The molecule has 1 aromatic carbocycles. The van der Waals surface area contributed by atoms with Gasteiger partial charge in [0.15, 0.2) is 5.82 Å². The Kier molecular flexibility index (Phi) is 5.77. The van der Waals surface area contributed by atoms with E-state index in [1.807, 2.05) is 0 Å². The van der Waals surface area contributed by atoms with Gasteiger partial charge in [-0.25, -0.2) is 4.98 Å². The van der Waals surface area contributed by atoms with Crippen LogP contribution in [0.5, 0.6) is 5.75 Å². The highest BCUT2D eigenvalue weighted by atomic mass is 35.5. The standard InChI is InChI=1S/C22H27Cl2N3O3/c1-13-14(2)30-12-22(13)8-10-26(11-9-22)20-19(29-4)21(28)27(15(3)25-20)17-7-5-6-16(23)18(17)24/h5-7,13-14H,8-12H2,1-4H3/t13-,14+/m1/s1. The van der Waals surface area contributed by atoms with Crippen molar-refractivity contribution in [3.63, 3.8) is 0 Å². The third-order valence-corrected chi connectivity index (χ3v) is 7.74. The predicted octanol–water partition coefficient (Wildman–Crippen LogP) is 4.50. The van der Waals surface area contributed by atoms with E-state index in [0.29, 0.717) is 33.3 Å². The van der Waals surface area contributed by atoms with Gasteiger partial charge in [0.25, 0.3) is 0 Å². The molecule has 0 radical (unpaired) electrons. The molecule has 2 fully saturated rings. The molecule has 2 aliphatic heterocycles. The molecule has 6 nitrogen and oxygen atoms in total. The van der Waals surface area contributed by atoms with Gasteiger partial charge in [0.1, 0.15) is 5.82 Å². The minimum Gasteiger partial charge on any atom is -0.488 e. The van der Waals surface area contributed by atoms with E-state index in [1.165, 1.54) is 11.7 Å². The Hall–Kier alpha value is -1.76. The minimum atomic E-state index is -0.296. The fourth-order valence-corrected chi connectivity index (χ4v) is 5.15. The van der Waals surface area contributed by atoms with Gasteiger partial charge >= 0.3 is 5.56 Å². The van der Waals surface area contributed by atoms with E-state index >= 15 is 0 Å². The zero-order valence-corrected chi connectivity index (χ0v) is 19.3. The molecule has 0 bridgehead atoms. The SMILES string of the molecule is COc1c(N2CCC3(CC2)CO[C@@H](C)[C@H]3C)nc(C)n(-c2cccc(Cl)c2Cl)c1=O. The lowest BCUT2D eigenvalue weighted by atomic mass is 9.70. The molecule has 2 aliphatic rings. The number of aryl methyl sites for hydroxylation is 1. The van der Waals surface area contributed by atoms with Gasteiger partial charge in [-0.2, -0.15) is 0 Å². The Morgan fingerprint density at radius 3 is 2.53 bits per heavy atom. The average Bonchev–Trinajstić information content (AvgIpc) is 3.00. The summed E-state index contributed by atoms with van der Waals surface area (Å²) < 4.78 is 12.9. The summed E-state index contributed by atoms with van der Waals surface area (Å²) in [6.07, 6.45) is 2.30. The maximum atomic E-state index is 13.3. The van der Waals surface area contributed by atoms with E-state index in [-0.39, 0.29) is 22.8 Å². The van der Waals surface area contributed by atoms with Crippen LogP contribution in [0.1, 0.15) is 32.5 Å². The van der Waals surface area contributed by atoms with E-state index in [9.17, 15) is 4.79 Å². The molecule has 4 rings (SSSR count). The first-order valence-electron chi connectivity index (χ1n) is 10.3. The predicted molar refractivity (Wildman–Crippen MR) is 120 cm³/mol. The number of piperidine rings is 1. The van der Waals surface area contributed by atoms with Crippen LogP contribution >= 0.6 is 23.2 Å². The number of halogens is 2. The number of hydrogen-bond donors (Lipinski definition) is 0. The molecule has 0 amide bonds. The van der Waals surface area contributed by atoms with Gasteiger partial charge < -0.3 is 14.4 Å². The van der Waals surface area contributed by atoms with E-state index in [2.05, 4.69) is 18.7 Å². The molecule has 30 heavy (non-hydrogen) atoms. The van der Waals surface area contributed by atoms with Crippen LogP contribution in [0.15, 0.2) is 23.0 Å². The van der Waals surface area contributed by atoms with E-state index in [4.69, 9.17) is 37.7 Å². The molecule has 8 heteroatoms. The number of hydrogen-bond acceptors (Lipinski definition) is 5. The molecule has 0 saturated carbocycles. The maximum absolute atomic E-state index is 13.3. The summed E-state index contributed by atoms with van der Waals surface area (Å²) >= 11 is 12.5. The van der Waals surface area contributed by atoms with Crippen LogP contribution in [0.25, 0.3) is 5.69 Å². The smallest absolute Gasteiger partial charge is 0.302 e. The van der Waals surface area contributed by atoms with Crippen LogP contribution < -0.4 is 15.2 Å².